The van der Waals surface area contributed by atoms with Crippen LogP contribution in [0.2, 0.25) is 0 Å². The molecule has 0 saturated carbocycles. The van der Waals surface area contributed by atoms with Gasteiger partial charge in [-0.1, -0.05) is 0 Å². The van der Waals surface area contributed by atoms with E-state index in [4.69, 9.17) is 0 Å². The van der Waals surface area contributed by atoms with E-state index in [1.807, 2.05) is 0 Å². The van der Waals surface area contributed by atoms with Gasteiger partial charge in [0, 0.05) is 5.56 Å². The molecule has 130 valence electrons. The van der Waals surface area contributed by atoms with Gasteiger partial charge in [0.05, 0.1) is 4.75 Å². The van der Waals surface area contributed by atoms with E-state index in [9.17, 15) is 30.6 Å². The molecule has 0 spiro atoms. The highest BCUT2D eigenvalue weighted by Gasteiger charge is 2.39. The Kier molecular flexibility index (Phi) is 5.50. The van der Waals surface area contributed by atoms with Gasteiger partial charge in [0.1, 0.15) is 16.7 Å². The first kappa shape index (κ1) is 19.5. The molecule has 1 rings (SSSR count). The van der Waals surface area contributed by atoms with E-state index in [2.05, 4.69) is 9.13 Å². The van der Waals surface area contributed by atoms with E-state index >= 15 is 0 Å². The van der Waals surface area contributed by atoms with Gasteiger partial charge in [-0.25, -0.2) is 4.21 Å². The van der Waals surface area contributed by atoms with Crippen LogP contribution in [0.3, 0.4) is 0 Å². The maximum Gasteiger partial charge on any atom is 0.573 e. The van der Waals surface area contributed by atoms with Crippen molar-refractivity contribution in [3.63, 3.8) is 0 Å². The van der Waals surface area contributed by atoms with E-state index in [1.54, 1.807) is 0 Å². The number of hydrogen-bond donors (Lipinski definition) is 0. The summed E-state index contributed by atoms with van der Waals surface area (Å²) in [5.41, 5.74) is -1.94. The molecular weight excluding hydrogens is 348 g/mol. The zero-order valence-electron chi connectivity index (χ0n) is 12.2. The number of benzene rings is 1. The summed E-state index contributed by atoms with van der Waals surface area (Å²) in [4.78, 5) is 0. The minimum atomic E-state index is -4.95. The second-order valence-electron chi connectivity index (χ2n) is 5.37. The number of nitrogens with zero attached hydrogens (tertiary/aromatic N) is 1. The monoisotopic (exact) mass is 361 g/mol. The van der Waals surface area contributed by atoms with Crippen LogP contribution in [-0.2, 0) is 11.0 Å². The Balaban J connectivity index is 3.20. The number of hydrogen-bond acceptors (Lipinski definition) is 2. The van der Waals surface area contributed by atoms with Crippen molar-refractivity contribution < 1.29 is 35.3 Å². The van der Waals surface area contributed by atoms with E-state index in [0.29, 0.717) is 0 Å². The van der Waals surface area contributed by atoms with Crippen molar-refractivity contribution in [2.24, 2.45) is 4.40 Å². The molecule has 0 heterocycles. The van der Waals surface area contributed by atoms with Gasteiger partial charge in [0.15, 0.2) is 5.71 Å². The molecule has 1 aromatic carbocycles. The van der Waals surface area contributed by atoms with Crippen LogP contribution in [0.5, 0.6) is 5.75 Å². The zero-order valence-corrected chi connectivity index (χ0v) is 13.1. The van der Waals surface area contributed by atoms with E-state index < -0.39 is 45.3 Å². The largest absolute Gasteiger partial charge is 0.573 e. The van der Waals surface area contributed by atoms with E-state index in [-0.39, 0.29) is 0 Å². The number of alkyl halides is 6. The number of halogens is 6. The molecule has 0 radical (unpaired) electrons. The third-order valence-electron chi connectivity index (χ3n) is 2.33. The lowest BCUT2D eigenvalue weighted by Gasteiger charge is -2.17. The second-order valence-corrected chi connectivity index (χ2v) is 7.28. The SMILES string of the molecule is CC(C)(C)[S@@](=O)N=C(c1ccc(OC(F)(F)F)cc1)C(F)(F)F. The van der Waals surface area contributed by atoms with Crippen LogP contribution in [0.25, 0.3) is 0 Å². The third kappa shape index (κ3) is 6.20. The summed E-state index contributed by atoms with van der Waals surface area (Å²) in [6.45, 7) is 4.34. The van der Waals surface area contributed by atoms with Gasteiger partial charge in [-0.2, -0.15) is 17.6 Å². The normalized spacial score (nSPS) is 15.4. The van der Waals surface area contributed by atoms with Crippen molar-refractivity contribution in [1.82, 2.24) is 0 Å². The maximum absolute atomic E-state index is 13.0. The van der Waals surface area contributed by atoms with Crippen LogP contribution in [0, 0.1) is 0 Å². The Morgan fingerprint density at radius 1 is 1.00 bits per heavy atom. The quantitative estimate of drug-likeness (QED) is 0.591. The minimum Gasteiger partial charge on any atom is -0.406 e. The standard InChI is InChI=1S/C13H13F6NO2S/c1-11(2,3)23(21)20-10(12(14,15)16)8-4-6-9(7-5-8)22-13(17,18)19/h4-7H,1-3H3/t23-/m1/s1. The first-order valence-corrected chi connectivity index (χ1v) is 7.25. The summed E-state index contributed by atoms with van der Waals surface area (Å²) in [5, 5.41) is 0. The van der Waals surface area contributed by atoms with Crippen LogP contribution in [-0.4, -0.2) is 27.2 Å². The van der Waals surface area contributed by atoms with Gasteiger partial charge in [-0.05, 0) is 45.0 Å². The summed E-state index contributed by atoms with van der Waals surface area (Å²) in [7, 11) is -2.18. The number of rotatable bonds is 3. The molecule has 0 aliphatic carbocycles. The van der Waals surface area contributed by atoms with E-state index in [0.717, 1.165) is 24.3 Å². The molecule has 0 aromatic heterocycles. The summed E-state index contributed by atoms with van der Waals surface area (Å²) >= 11 is 0. The summed E-state index contributed by atoms with van der Waals surface area (Å²) < 4.78 is 92.8. The molecule has 0 aliphatic rings. The lowest BCUT2D eigenvalue weighted by molar-refractivity contribution is -0.274. The van der Waals surface area contributed by atoms with Gasteiger partial charge in [-0.3, -0.25) is 0 Å². The molecule has 0 aliphatic heterocycles. The Morgan fingerprint density at radius 2 is 1.48 bits per heavy atom. The van der Waals surface area contributed by atoms with Crippen molar-refractivity contribution in [2.75, 3.05) is 0 Å². The Hall–Kier alpha value is -1.58. The van der Waals surface area contributed by atoms with Crippen molar-refractivity contribution in [2.45, 2.75) is 38.1 Å². The van der Waals surface area contributed by atoms with Gasteiger partial charge in [0.2, 0.25) is 0 Å². The molecule has 0 bridgehead atoms. The molecule has 23 heavy (non-hydrogen) atoms. The van der Waals surface area contributed by atoms with Crippen molar-refractivity contribution in [1.29, 1.82) is 0 Å². The first-order chi connectivity index (χ1) is 10.2. The Labute approximate surface area is 130 Å². The van der Waals surface area contributed by atoms with E-state index in [1.165, 1.54) is 20.8 Å². The van der Waals surface area contributed by atoms with Crippen LogP contribution in [0.4, 0.5) is 26.3 Å². The maximum atomic E-state index is 13.0. The highest BCUT2D eigenvalue weighted by atomic mass is 32.2. The molecule has 0 fully saturated rings. The fourth-order valence-corrected chi connectivity index (χ4v) is 1.95. The number of ether oxygens (including phenoxy) is 1. The molecule has 0 amide bonds. The second kappa shape index (κ2) is 6.50. The molecule has 0 unspecified atom stereocenters. The highest BCUT2D eigenvalue weighted by Crippen LogP contribution is 2.28. The smallest absolute Gasteiger partial charge is 0.406 e. The Morgan fingerprint density at radius 3 is 1.83 bits per heavy atom. The van der Waals surface area contributed by atoms with Gasteiger partial charge in [-0.15, -0.1) is 13.2 Å². The molecule has 0 N–H and O–H groups in total. The summed E-state index contributed by atoms with van der Waals surface area (Å²) in [6.07, 6.45) is -9.86. The lowest BCUT2D eigenvalue weighted by Crippen LogP contribution is -2.28. The molecule has 1 atom stereocenters. The summed E-state index contributed by atoms with van der Waals surface area (Å²) in [5.74, 6) is -0.667. The van der Waals surface area contributed by atoms with Crippen LogP contribution >= 0.6 is 0 Å². The zero-order chi connectivity index (χ0) is 18.1. The fraction of sp³-hybridized carbons (Fsp3) is 0.462. The predicted molar refractivity (Wildman–Crippen MR) is 73.6 cm³/mol. The molecule has 10 heteroatoms. The topological polar surface area (TPSA) is 38.7 Å². The summed E-state index contributed by atoms with van der Waals surface area (Å²) in [6, 6.07) is 2.99. The third-order valence-corrected chi connectivity index (χ3v) is 3.72. The van der Waals surface area contributed by atoms with Crippen molar-refractivity contribution in [3.8, 4) is 5.75 Å². The molecular formula is C13H13F6NO2S. The van der Waals surface area contributed by atoms with Gasteiger partial charge in [0.25, 0.3) is 0 Å². The highest BCUT2D eigenvalue weighted by molar-refractivity contribution is 7.85. The van der Waals surface area contributed by atoms with Crippen LogP contribution in [0.1, 0.15) is 26.3 Å². The molecule has 3 nitrogen and oxygen atoms in total. The van der Waals surface area contributed by atoms with Gasteiger partial charge >= 0.3 is 12.5 Å². The lowest BCUT2D eigenvalue weighted by atomic mass is 10.1. The van der Waals surface area contributed by atoms with Crippen LogP contribution < -0.4 is 4.74 Å². The Bertz CT molecular complexity index is 599. The molecule has 1 aromatic rings. The molecule has 0 saturated heterocycles. The average molecular weight is 361 g/mol. The van der Waals surface area contributed by atoms with Crippen molar-refractivity contribution >= 4 is 16.7 Å². The predicted octanol–water partition coefficient (Wildman–Crippen LogP) is 4.40. The first-order valence-electron chi connectivity index (χ1n) is 6.14. The van der Waals surface area contributed by atoms with Crippen molar-refractivity contribution in [3.05, 3.63) is 29.8 Å². The van der Waals surface area contributed by atoms with Crippen LogP contribution in [0.15, 0.2) is 28.7 Å². The fourth-order valence-electron chi connectivity index (χ4n) is 1.30. The minimum absolute atomic E-state index is 0.510. The van der Waals surface area contributed by atoms with Gasteiger partial charge < -0.3 is 4.74 Å². The average Bonchev–Trinajstić information content (AvgIpc) is 2.32.